The van der Waals surface area contributed by atoms with Crippen molar-refractivity contribution in [3.63, 3.8) is 0 Å². The largest absolute Gasteiger partial charge is 0.481 e. The molecule has 0 aromatic carbocycles. The van der Waals surface area contributed by atoms with Crippen molar-refractivity contribution in [2.45, 2.75) is 25.8 Å². The van der Waals surface area contributed by atoms with Crippen LogP contribution in [0, 0.1) is 0 Å². The van der Waals surface area contributed by atoms with Crippen molar-refractivity contribution in [1.82, 2.24) is 0 Å². The molecule has 0 spiro atoms. The van der Waals surface area contributed by atoms with Crippen LogP contribution in [0.5, 0.6) is 0 Å². The third-order valence-corrected chi connectivity index (χ3v) is 1.39. The highest BCUT2D eigenvalue weighted by molar-refractivity contribution is 5.76. The normalized spacial score (nSPS) is 10.8. The number of nitrogens with two attached hydrogens (primary N) is 1. The fraction of sp³-hybridized carbons (Fsp3) is 0.667. The van der Waals surface area contributed by atoms with E-state index in [0.717, 1.165) is 0 Å². The Kier molecular flexibility index (Phi) is 11.3. The molecule has 0 saturated carbocycles. The monoisotopic (exact) mass is 251 g/mol. The summed E-state index contributed by atoms with van der Waals surface area (Å²) >= 11 is 0. The molecule has 0 radical (unpaired) electrons. The molecule has 8 nitrogen and oxygen atoms in total. The summed E-state index contributed by atoms with van der Waals surface area (Å²) in [6.45, 7) is 1.15. The topological polar surface area (TPSA) is 147 Å². The fourth-order valence-corrected chi connectivity index (χ4v) is 0.646. The first-order valence-corrected chi connectivity index (χ1v) is 4.81. The maximum atomic E-state index is 10.8. The van der Waals surface area contributed by atoms with Gasteiger partial charge in [0.15, 0.2) is 0 Å². The van der Waals surface area contributed by atoms with Gasteiger partial charge < -0.3 is 25.8 Å². The van der Waals surface area contributed by atoms with Gasteiger partial charge in [0.05, 0.1) is 6.61 Å². The molecule has 0 saturated heterocycles. The molecule has 0 aliphatic heterocycles. The van der Waals surface area contributed by atoms with E-state index in [1.165, 1.54) is 0 Å². The van der Waals surface area contributed by atoms with Crippen molar-refractivity contribution >= 4 is 17.9 Å². The van der Waals surface area contributed by atoms with Crippen molar-refractivity contribution in [3.8, 4) is 0 Å². The smallest absolute Gasteiger partial charge is 0.329 e. The molecule has 8 heteroatoms. The number of esters is 1. The van der Waals surface area contributed by atoms with Crippen LogP contribution < -0.4 is 5.73 Å². The van der Waals surface area contributed by atoms with Gasteiger partial charge in [-0.15, -0.1) is 0 Å². The molecule has 0 aliphatic carbocycles. The highest BCUT2D eigenvalue weighted by atomic mass is 16.5. The van der Waals surface area contributed by atoms with Gasteiger partial charge in [-0.2, -0.15) is 0 Å². The Morgan fingerprint density at radius 3 is 2.00 bits per heavy atom. The first kappa shape index (κ1) is 17.7. The second kappa shape index (κ2) is 10.8. The van der Waals surface area contributed by atoms with Crippen LogP contribution >= 0.6 is 0 Å². The standard InChI is InChI=1S/C7H13NO4.C2H4O3/c1-2-12-7(11)5(8)3-4-6(9)10;3-1-2(4)5/h5H,2-4,8H2,1H3,(H,9,10);3H,1H2,(H,4,5)/t5-;/m0./s1. The maximum absolute atomic E-state index is 10.8. The van der Waals surface area contributed by atoms with E-state index in [9.17, 15) is 9.59 Å². The molecule has 0 aromatic heterocycles. The molecule has 0 unspecified atom stereocenters. The number of hydrogen-bond donors (Lipinski definition) is 4. The zero-order valence-electron chi connectivity index (χ0n) is 9.46. The molecule has 0 aromatic rings. The van der Waals surface area contributed by atoms with Crippen molar-refractivity contribution in [3.05, 3.63) is 0 Å². The quantitative estimate of drug-likeness (QED) is 0.430. The molecular formula is C9H17NO7. The Balaban J connectivity index is 0. The first-order chi connectivity index (χ1) is 7.84. The van der Waals surface area contributed by atoms with E-state index >= 15 is 0 Å². The molecule has 17 heavy (non-hydrogen) atoms. The zero-order valence-corrected chi connectivity index (χ0v) is 9.46. The summed E-state index contributed by atoms with van der Waals surface area (Å²) in [5.41, 5.74) is 5.31. The van der Waals surface area contributed by atoms with Gasteiger partial charge in [-0.3, -0.25) is 9.59 Å². The van der Waals surface area contributed by atoms with Gasteiger partial charge in [0, 0.05) is 6.42 Å². The number of aliphatic hydroxyl groups excluding tert-OH is 1. The predicted molar refractivity (Wildman–Crippen MR) is 56.2 cm³/mol. The lowest BCUT2D eigenvalue weighted by Gasteiger charge is -2.07. The second-order valence-electron chi connectivity index (χ2n) is 2.84. The molecule has 1 atom stereocenters. The molecule has 100 valence electrons. The van der Waals surface area contributed by atoms with Crippen molar-refractivity contribution < 1.29 is 34.4 Å². The van der Waals surface area contributed by atoms with Crippen molar-refractivity contribution in [2.24, 2.45) is 5.73 Å². The lowest BCUT2D eigenvalue weighted by molar-refractivity contribution is -0.145. The number of carboxylic acids is 2. The summed E-state index contributed by atoms with van der Waals surface area (Å²) < 4.78 is 4.58. The Labute approximate surface area is 98.0 Å². The zero-order chi connectivity index (χ0) is 13.8. The Morgan fingerprint density at radius 2 is 1.71 bits per heavy atom. The van der Waals surface area contributed by atoms with Crippen molar-refractivity contribution in [2.75, 3.05) is 13.2 Å². The van der Waals surface area contributed by atoms with Gasteiger partial charge in [-0.05, 0) is 13.3 Å². The summed E-state index contributed by atoms with van der Waals surface area (Å²) in [7, 11) is 0. The fourth-order valence-electron chi connectivity index (χ4n) is 0.646. The second-order valence-corrected chi connectivity index (χ2v) is 2.84. The molecule has 0 fully saturated rings. The molecule has 0 amide bonds. The van der Waals surface area contributed by atoms with Crippen LogP contribution in [0.2, 0.25) is 0 Å². The highest BCUT2D eigenvalue weighted by Crippen LogP contribution is 1.96. The number of rotatable bonds is 6. The number of carboxylic acid groups (broad SMARTS) is 2. The van der Waals surface area contributed by atoms with Crippen LogP contribution in [0.1, 0.15) is 19.8 Å². The molecule has 0 bridgehead atoms. The minimum atomic E-state index is -1.19. The van der Waals surface area contributed by atoms with Gasteiger partial charge in [-0.25, -0.2) is 4.79 Å². The molecule has 0 rings (SSSR count). The van der Waals surface area contributed by atoms with Gasteiger partial charge in [0.2, 0.25) is 0 Å². The van der Waals surface area contributed by atoms with E-state index in [1.807, 2.05) is 0 Å². The summed E-state index contributed by atoms with van der Waals surface area (Å²) in [5, 5.41) is 23.3. The summed E-state index contributed by atoms with van der Waals surface area (Å²) in [4.78, 5) is 30.0. The Morgan fingerprint density at radius 1 is 1.24 bits per heavy atom. The van der Waals surface area contributed by atoms with Gasteiger partial charge >= 0.3 is 17.9 Å². The molecule has 5 N–H and O–H groups in total. The number of aliphatic carboxylic acids is 2. The number of hydrogen-bond acceptors (Lipinski definition) is 6. The lowest BCUT2D eigenvalue weighted by Crippen LogP contribution is -2.32. The van der Waals surface area contributed by atoms with E-state index in [-0.39, 0.29) is 19.4 Å². The van der Waals surface area contributed by atoms with E-state index in [4.69, 9.17) is 25.8 Å². The average Bonchev–Trinajstić information content (AvgIpc) is 2.26. The lowest BCUT2D eigenvalue weighted by atomic mass is 10.2. The van der Waals surface area contributed by atoms with Crippen LogP contribution in [0.25, 0.3) is 0 Å². The summed E-state index contributed by atoms with van der Waals surface area (Å²) in [6.07, 6.45) is 0.00808. The summed E-state index contributed by atoms with van der Waals surface area (Å²) in [5.74, 6) is -2.70. The Bertz CT molecular complexity index is 254. The molecule has 0 aliphatic rings. The van der Waals surface area contributed by atoms with Crippen LogP contribution in [0.3, 0.4) is 0 Å². The van der Waals surface area contributed by atoms with E-state index < -0.39 is 30.6 Å². The third kappa shape index (κ3) is 14.3. The number of aliphatic hydroxyl groups is 1. The van der Waals surface area contributed by atoms with Crippen LogP contribution in [-0.4, -0.2) is 52.5 Å². The average molecular weight is 251 g/mol. The number of carbonyl (C=O) groups is 3. The molecular weight excluding hydrogens is 234 g/mol. The first-order valence-electron chi connectivity index (χ1n) is 4.81. The van der Waals surface area contributed by atoms with E-state index in [0.29, 0.717) is 0 Å². The van der Waals surface area contributed by atoms with Crippen molar-refractivity contribution in [1.29, 1.82) is 0 Å². The minimum absolute atomic E-state index is 0.111. The highest BCUT2D eigenvalue weighted by Gasteiger charge is 2.15. The van der Waals surface area contributed by atoms with Gasteiger partial charge in [0.25, 0.3) is 0 Å². The van der Waals surface area contributed by atoms with Crippen LogP contribution in [-0.2, 0) is 19.1 Å². The van der Waals surface area contributed by atoms with E-state index in [2.05, 4.69) is 4.74 Å². The third-order valence-electron chi connectivity index (χ3n) is 1.39. The molecule has 0 heterocycles. The van der Waals surface area contributed by atoms with Gasteiger partial charge in [0.1, 0.15) is 12.6 Å². The minimum Gasteiger partial charge on any atom is -0.481 e. The summed E-state index contributed by atoms with van der Waals surface area (Å²) in [6, 6.07) is -0.818. The van der Waals surface area contributed by atoms with Gasteiger partial charge in [-0.1, -0.05) is 0 Å². The predicted octanol–water partition coefficient (Wildman–Crippen LogP) is -1.20. The number of ether oxygens (including phenoxy) is 1. The maximum Gasteiger partial charge on any atom is 0.329 e. The Hall–Kier alpha value is -1.67. The van der Waals surface area contributed by atoms with E-state index in [1.54, 1.807) is 6.92 Å². The SMILES string of the molecule is CCOC(=O)[C@@H](N)CCC(=O)O.O=C(O)CO. The number of carbonyl (C=O) groups excluding carboxylic acids is 1. The van der Waals surface area contributed by atoms with Crippen LogP contribution in [0.15, 0.2) is 0 Å². The van der Waals surface area contributed by atoms with Crippen LogP contribution in [0.4, 0.5) is 0 Å².